The van der Waals surface area contributed by atoms with E-state index in [1.165, 1.54) is 22.5 Å². The number of anilines is 1. The number of aromatic nitrogens is 2. The molecular formula is C10H11N3S2. The predicted octanol–water partition coefficient (Wildman–Crippen LogP) is 3.12. The Balaban J connectivity index is 2.05. The minimum atomic E-state index is 0.697. The Morgan fingerprint density at radius 1 is 1.47 bits per heavy atom. The molecule has 1 heterocycles. The number of nitrogens with one attached hydrogen (secondary N) is 2. The largest absolute Gasteiger partial charge is 0.356 e. The van der Waals surface area contributed by atoms with E-state index in [1.807, 2.05) is 12.1 Å². The quantitative estimate of drug-likeness (QED) is 0.806. The van der Waals surface area contributed by atoms with E-state index in [-0.39, 0.29) is 0 Å². The number of aromatic amines is 1. The third kappa shape index (κ3) is 2.64. The van der Waals surface area contributed by atoms with Crippen LogP contribution in [0.4, 0.5) is 5.13 Å². The predicted molar refractivity (Wildman–Crippen MR) is 65.8 cm³/mol. The van der Waals surface area contributed by atoms with E-state index in [0.29, 0.717) is 3.95 Å². The minimum Gasteiger partial charge on any atom is -0.356 e. The molecule has 0 fully saturated rings. The first kappa shape index (κ1) is 10.3. The molecule has 78 valence electrons. The molecule has 0 aliphatic rings. The van der Waals surface area contributed by atoms with Crippen molar-refractivity contribution >= 4 is 28.7 Å². The van der Waals surface area contributed by atoms with E-state index in [4.69, 9.17) is 12.2 Å². The maximum absolute atomic E-state index is 4.95. The summed E-state index contributed by atoms with van der Waals surface area (Å²) in [5.74, 6) is 0. The van der Waals surface area contributed by atoms with Crippen LogP contribution in [0.25, 0.3) is 0 Å². The summed E-state index contributed by atoms with van der Waals surface area (Å²) in [4.78, 5) is 0. The van der Waals surface area contributed by atoms with Gasteiger partial charge in [-0.25, -0.2) is 0 Å². The van der Waals surface area contributed by atoms with Gasteiger partial charge in [0.25, 0.3) is 0 Å². The Morgan fingerprint density at radius 2 is 2.27 bits per heavy atom. The van der Waals surface area contributed by atoms with Crippen molar-refractivity contribution in [2.75, 3.05) is 5.32 Å². The number of rotatable bonds is 3. The zero-order chi connectivity index (χ0) is 10.7. The molecular weight excluding hydrogens is 226 g/mol. The van der Waals surface area contributed by atoms with Gasteiger partial charge in [-0.15, -0.1) is 5.10 Å². The van der Waals surface area contributed by atoms with Gasteiger partial charge in [0.05, 0.1) is 0 Å². The van der Waals surface area contributed by atoms with E-state index in [9.17, 15) is 0 Å². The second kappa shape index (κ2) is 4.55. The number of benzene rings is 1. The smallest absolute Gasteiger partial charge is 0.204 e. The molecule has 2 N–H and O–H groups in total. The topological polar surface area (TPSA) is 40.7 Å². The van der Waals surface area contributed by atoms with E-state index in [0.717, 1.165) is 11.7 Å². The highest BCUT2D eigenvalue weighted by Crippen LogP contribution is 2.14. The van der Waals surface area contributed by atoms with Crippen LogP contribution in [0.3, 0.4) is 0 Å². The molecule has 3 nitrogen and oxygen atoms in total. The molecule has 2 aromatic rings. The van der Waals surface area contributed by atoms with Crippen molar-refractivity contribution in [1.29, 1.82) is 0 Å². The molecule has 0 amide bonds. The number of aryl methyl sites for hydroxylation is 1. The van der Waals surface area contributed by atoms with Gasteiger partial charge in [-0.3, -0.25) is 5.10 Å². The first-order valence-electron chi connectivity index (χ1n) is 4.59. The van der Waals surface area contributed by atoms with Crippen LogP contribution < -0.4 is 5.32 Å². The maximum atomic E-state index is 4.95. The third-order valence-electron chi connectivity index (χ3n) is 2.13. The second-order valence-electron chi connectivity index (χ2n) is 3.20. The Bertz CT molecular complexity index is 501. The highest BCUT2D eigenvalue weighted by Gasteiger charge is 1.99. The summed E-state index contributed by atoms with van der Waals surface area (Å²) in [6, 6.07) is 8.28. The number of hydrogen-bond donors (Lipinski definition) is 2. The monoisotopic (exact) mass is 237 g/mol. The van der Waals surface area contributed by atoms with Gasteiger partial charge in [-0.05, 0) is 30.3 Å². The lowest BCUT2D eigenvalue weighted by molar-refractivity contribution is 1.04. The molecule has 0 aliphatic carbocycles. The normalized spacial score (nSPS) is 10.2. The molecule has 1 aromatic carbocycles. The van der Waals surface area contributed by atoms with Crippen LogP contribution in [-0.2, 0) is 6.54 Å². The summed E-state index contributed by atoms with van der Waals surface area (Å²) in [6.45, 7) is 2.88. The molecule has 0 unspecified atom stereocenters. The lowest BCUT2D eigenvalue weighted by atomic mass is 10.1. The summed E-state index contributed by atoms with van der Waals surface area (Å²) in [5, 5.41) is 10.8. The third-order valence-corrected chi connectivity index (χ3v) is 3.18. The number of hydrogen-bond acceptors (Lipinski definition) is 4. The average Bonchev–Trinajstić information content (AvgIpc) is 2.63. The van der Waals surface area contributed by atoms with Crippen LogP contribution in [-0.4, -0.2) is 10.2 Å². The van der Waals surface area contributed by atoms with E-state index >= 15 is 0 Å². The maximum Gasteiger partial charge on any atom is 0.204 e. The van der Waals surface area contributed by atoms with Crippen molar-refractivity contribution in [1.82, 2.24) is 10.2 Å². The molecule has 0 bridgehead atoms. The van der Waals surface area contributed by atoms with Gasteiger partial charge in [0.1, 0.15) is 0 Å². The molecule has 0 saturated carbocycles. The Morgan fingerprint density at radius 3 is 2.93 bits per heavy atom. The van der Waals surface area contributed by atoms with Gasteiger partial charge in [0, 0.05) is 6.54 Å². The Kier molecular flexibility index (Phi) is 3.13. The van der Waals surface area contributed by atoms with E-state index < -0.39 is 0 Å². The molecule has 0 spiro atoms. The molecule has 0 atom stereocenters. The van der Waals surface area contributed by atoms with Crippen molar-refractivity contribution in [2.45, 2.75) is 13.5 Å². The summed E-state index contributed by atoms with van der Waals surface area (Å²) < 4.78 is 0.697. The highest BCUT2D eigenvalue weighted by atomic mass is 32.1. The molecule has 5 heteroatoms. The minimum absolute atomic E-state index is 0.697. The van der Waals surface area contributed by atoms with Crippen molar-refractivity contribution in [2.24, 2.45) is 0 Å². The Labute approximate surface area is 97.2 Å². The Hall–Kier alpha value is -1.20. The van der Waals surface area contributed by atoms with Crippen molar-refractivity contribution in [3.63, 3.8) is 0 Å². The van der Waals surface area contributed by atoms with Gasteiger partial charge >= 0.3 is 0 Å². The van der Waals surface area contributed by atoms with Crippen LogP contribution in [0.15, 0.2) is 24.3 Å². The fourth-order valence-corrected chi connectivity index (χ4v) is 2.07. The van der Waals surface area contributed by atoms with Gasteiger partial charge in [-0.2, -0.15) is 0 Å². The summed E-state index contributed by atoms with van der Waals surface area (Å²) in [5.41, 5.74) is 2.56. The number of H-pyrrole nitrogens is 1. The molecule has 2 rings (SSSR count). The second-order valence-corrected chi connectivity index (χ2v) is 4.86. The summed E-state index contributed by atoms with van der Waals surface area (Å²) in [7, 11) is 0. The zero-order valence-corrected chi connectivity index (χ0v) is 9.91. The highest BCUT2D eigenvalue weighted by molar-refractivity contribution is 7.73. The van der Waals surface area contributed by atoms with Crippen molar-refractivity contribution in [3.05, 3.63) is 39.3 Å². The molecule has 0 radical (unpaired) electrons. The molecule has 15 heavy (non-hydrogen) atoms. The van der Waals surface area contributed by atoms with Crippen LogP contribution in [0.2, 0.25) is 0 Å². The fraction of sp³-hybridized carbons (Fsp3) is 0.200. The fourth-order valence-electron chi connectivity index (χ4n) is 1.28. The van der Waals surface area contributed by atoms with Crippen LogP contribution in [0.5, 0.6) is 0 Å². The van der Waals surface area contributed by atoms with Gasteiger partial charge < -0.3 is 5.32 Å². The van der Waals surface area contributed by atoms with Crippen molar-refractivity contribution < 1.29 is 0 Å². The zero-order valence-electron chi connectivity index (χ0n) is 8.28. The van der Waals surface area contributed by atoms with E-state index in [1.54, 1.807) is 0 Å². The lowest BCUT2D eigenvalue weighted by Crippen LogP contribution is -2.00. The van der Waals surface area contributed by atoms with Gasteiger partial charge in [-0.1, -0.05) is 35.6 Å². The summed E-state index contributed by atoms with van der Waals surface area (Å²) in [6.07, 6.45) is 0. The van der Waals surface area contributed by atoms with E-state index in [2.05, 4.69) is 34.6 Å². The first-order chi connectivity index (χ1) is 7.25. The standard InChI is InChI=1S/C10H11N3S2/c1-7-4-2-3-5-8(7)6-11-9-12-13-10(14)15-9/h2-5H,6H2,1H3,(H,11,12)(H,13,14). The SMILES string of the molecule is Cc1ccccc1CNc1n[nH]c(=S)s1. The number of nitrogens with zero attached hydrogens (tertiary/aromatic N) is 1. The van der Waals surface area contributed by atoms with Crippen LogP contribution >= 0.6 is 23.6 Å². The van der Waals surface area contributed by atoms with Gasteiger partial charge in [0.2, 0.25) is 5.13 Å². The van der Waals surface area contributed by atoms with Crippen LogP contribution in [0.1, 0.15) is 11.1 Å². The average molecular weight is 237 g/mol. The molecule has 1 aromatic heterocycles. The van der Waals surface area contributed by atoms with Gasteiger partial charge in [0.15, 0.2) is 3.95 Å². The molecule has 0 aliphatic heterocycles. The lowest BCUT2D eigenvalue weighted by Gasteiger charge is -2.05. The molecule has 0 saturated heterocycles. The summed E-state index contributed by atoms with van der Waals surface area (Å²) >= 11 is 6.40. The van der Waals surface area contributed by atoms with Crippen molar-refractivity contribution in [3.8, 4) is 0 Å². The first-order valence-corrected chi connectivity index (χ1v) is 5.82. The van der Waals surface area contributed by atoms with Crippen LogP contribution in [0, 0.1) is 10.9 Å².